The molecule has 6 nitrogen and oxygen atoms in total. The summed E-state index contributed by atoms with van der Waals surface area (Å²) in [6.07, 6.45) is 2.80. The molecular formula is C14H18N4O2. The van der Waals surface area contributed by atoms with E-state index in [-0.39, 0.29) is 12.1 Å². The molecule has 2 rings (SSSR count). The molecule has 0 saturated carbocycles. The van der Waals surface area contributed by atoms with Crippen LogP contribution < -0.4 is 16.0 Å². The Labute approximate surface area is 117 Å². The third kappa shape index (κ3) is 3.83. The number of urea groups is 1. The van der Waals surface area contributed by atoms with Crippen molar-refractivity contribution in [2.75, 3.05) is 17.2 Å². The molecule has 6 heteroatoms. The zero-order valence-electron chi connectivity index (χ0n) is 11.5. The molecule has 3 N–H and O–H groups in total. The van der Waals surface area contributed by atoms with E-state index >= 15 is 0 Å². The zero-order valence-corrected chi connectivity index (χ0v) is 11.5. The van der Waals surface area contributed by atoms with Crippen molar-refractivity contribution < 1.29 is 9.32 Å². The van der Waals surface area contributed by atoms with Crippen LogP contribution in [-0.2, 0) is 0 Å². The molecule has 106 valence electrons. The van der Waals surface area contributed by atoms with E-state index in [1.807, 2.05) is 24.3 Å². The predicted octanol–water partition coefficient (Wildman–Crippen LogP) is 2.99. The van der Waals surface area contributed by atoms with E-state index in [1.165, 1.54) is 12.5 Å². The Bertz CT molecular complexity index is 554. The number of carbonyl (C=O) groups excluding carboxylic acids is 1. The van der Waals surface area contributed by atoms with Gasteiger partial charge in [-0.1, -0.05) is 24.2 Å². The lowest BCUT2D eigenvalue weighted by molar-refractivity contribution is 0.262. The van der Waals surface area contributed by atoms with Gasteiger partial charge in [-0.05, 0) is 31.2 Å². The van der Waals surface area contributed by atoms with Crippen LogP contribution in [0.1, 0.15) is 25.5 Å². The highest BCUT2D eigenvalue weighted by atomic mass is 16.5. The predicted molar refractivity (Wildman–Crippen MR) is 77.7 cm³/mol. The van der Waals surface area contributed by atoms with Gasteiger partial charge in [-0.25, -0.2) is 4.79 Å². The lowest BCUT2D eigenvalue weighted by Gasteiger charge is -2.14. The molecule has 0 aliphatic carbocycles. The largest absolute Gasteiger partial charge is 0.363 e. The van der Waals surface area contributed by atoms with Crippen LogP contribution in [0.15, 0.2) is 41.2 Å². The number of carbonyl (C=O) groups is 1. The minimum atomic E-state index is -0.332. The first kappa shape index (κ1) is 14.1. The van der Waals surface area contributed by atoms with Crippen molar-refractivity contribution in [1.82, 2.24) is 10.5 Å². The average molecular weight is 274 g/mol. The Kier molecular flexibility index (Phi) is 4.73. The topological polar surface area (TPSA) is 79.2 Å². The monoisotopic (exact) mass is 274 g/mol. The molecule has 1 aromatic carbocycles. The third-order valence-corrected chi connectivity index (χ3v) is 2.84. The van der Waals surface area contributed by atoms with E-state index in [9.17, 15) is 4.79 Å². The summed E-state index contributed by atoms with van der Waals surface area (Å²) in [6, 6.07) is 7.63. The molecule has 1 atom stereocenters. The van der Waals surface area contributed by atoms with Gasteiger partial charge >= 0.3 is 6.03 Å². The summed E-state index contributed by atoms with van der Waals surface area (Å²) in [4.78, 5) is 11.8. The van der Waals surface area contributed by atoms with Crippen LogP contribution in [0.4, 0.5) is 16.2 Å². The fourth-order valence-corrected chi connectivity index (χ4v) is 1.87. The van der Waals surface area contributed by atoms with Crippen LogP contribution in [-0.4, -0.2) is 17.7 Å². The maximum Gasteiger partial charge on any atom is 0.323 e. The second-order valence-corrected chi connectivity index (χ2v) is 4.40. The van der Waals surface area contributed by atoms with Gasteiger partial charge in [0.25, 0.3) is 0 Å². The highest BCUT2D eigenvalue weighted by Gasteiger charge is 2.07. The van der Waals surface area contributed by atoms with Crippen molar-refractivity contribution >= 4 is 17.4 Å². The Morgan fingerprint density at radius 2 is 2.15 bits per heavy atom. The molecule has 0 fully saturated rings. The third-order valence-electron chi connectivity index (χ3n) is 2.84. The molecule has 1 heterocycles. The Morgan fingerprint density at radius 1 is 1.35 bits per heavy atom. The van der Waals surface area contributed by atoms with Crippen LogP contribution in [0.2, 0.25) is 0 Å². The molecule has 0 spiro atoms. The summed E-state index contributed by atoms with van der Waals surface area (Å²) >= 11 is 0. The molecule has 0 aliphatic rings. The van der Waals surface area contributed by atoms with Gasteiger partial charge in [0, 0.05) is 11.7 Å². The molecule has 1 unspecified atom stereocenters. The van der Waals surface area contributed by atoms with Crippen molar-refractivity contribution in [3.8, 4) is 0 Å². The fourth-order valence-electron chi connectivity index (χ4n) is 1.87. The summed E-state index contributed by atoms with van der Waals surface area (Å²) in [6.45, 7) is 5.04. The molecule has 2 aromatic rings. The number of nitrogens with zero attached hydrogens (tertiary/aromatic N) is 1. The van der Waals surface area contributed by atoms with Crippen LogP contribution in [0, 0.1) is 0 Å². The van der Waals surface area contributed by atoms with Crippen LogP contribution in [0.3, 0.4) is 0 Å². The van der Waals surface area contributed by atoms with E-state index in [0.717, 1.165) is 17.8 Å². The van der Waals surface area contributed by atoms with E-state index in [1.54, 1.807) is 0 Å². The molecule has 1 aromatic heterocycles. The van der Waals surface area contributed by atoms with Crippen molar-refractivity contribution in [1.29, 1.82) is 0 Å². The minimum absolute atomic E-state index is 0.239. The second-order valence-electron chi connectivity index (χ2n) is 4.40. The zero-order chi connectivity index (χ0) is 14.4. The highest BCUT2D eigenvalue weighted by Crippen LogP contribution is 2.17. The summed E-state index contributed by atoms with van der Waals surface area (Å²) in [5.41, 5.74) is 2.37. The quantitative estimate of drug-likeness (QED) is 0.783. The number of hydrogen-bond acceptors (Lipinski definition) is 4. The van der Waals surface area contributed by atoms with Crippen molar-refractivity contribution in [2.45, 2.75) is 19.9 Å². The Hall–Kier alpha value is -2.34. The summed E-state index contributed by atoms with van der Waals surface area (Å²) in [7, 11) is 0. The lowest BCUT2D eigenvalue weighted by Crippen LogP contribution is -2.20. The van der Waals surface area contributed by atoms with E-state index in [0.29, 0.717) is 5.69 Å². The molecule has 0 bridgehead atoms. The van der Waals surface area contributed by atoms with E-state index < -0.39 is 0 Å². The van der Waals surface area contributed by atoms with Gasteiger partial charge in [-0.15, -0.1) is 0 Å². The molecule has 2 amide bonds. The smallest absolute Gasteiger partial charge is 0.323 e. The van der Waals surface area contributed by atoms with Crippen LogP contribution in [0.25, 0.3) is 0 Å². The molecule has 0 saturated heterocycles. The minimum Gasteiger partial charge on any atom is -0.363 e. The Balaban J connectivity index is 1.98. The van der Waals surface area contributed by atoms with Gasteiger partial charge < -0.3 is 20.5 Å². The number of aromatic nitrogens is 1. The number of anilines is 2. The highest BCUT2D eigenvalue weighted by molar-refractivity contribution is 5.99. The molecule has 0 aliphatic heterocycles. The van der Waals surface area contributed by atoms with Gasteiger partial charge in [0.05, 0.1) is 6.20 Å². The Morgan fingerprint density at radius 3 is 2.85 bits per heavy atom. The first-order valence-electron chi connectivity index (χ1n) is 6.49. The van der Waals surface area contributed by atoms with E-state index in [4.69, 9.17) is 0 Å². The molecule has 20 heavy (non-hydrogen) atoms. The number of nitrogens with one attached hydrogen (secondary N) is 3. The number of amides is 2. The fraction of sp³-hybridized carbons (Fsp3) is 0.286. The number of rotatable bonds is 5. The SMILES string of the molecule is CCNC(C)c1cccc(NC(=O)Nc2cnoc2)c1. The normalized spacial score (nSPS) is 11.9. The van der Waals surface area contributed by atoms with Gasteiger partial charge in [0.1, 0.15) is 12.0 Å². The first-order chi connectivity index (χ1) is 9.69. The summed E-state index contributed by atoms with van der Waals surface area (Å²) < 4.78 is 4.64. The standard InChI is InChI=1S/C14H18N4O2/c1-3-15-10(2)11-5-4-6-12(7-11)17-14(19)18-13-8-16-20-9-13/h4-10,15H,3H2,1-2H3,(H2,17,18,19). The van der Waals surface area contributed by atoms with Crippen LogP contribution in [0.5, 0.6) is 0 Å². The second kappa shape index (κ2) is 6.72. The van der Waals surface area contributed by atoms with Gasteiger partial charge in [-0.2, -0.15) is 0 Å². The summed E-state index contributed by atoms with van der Waals surface area (Å²) in [5.74, 6) is 0. The first-order valence-corrected chi connectivity index (χ1v) is 6.49. The average Bonchev–Trinajstić information content (AvgIpc) is 2.92. The van der Waals surface area contributed by atoms with Crippen molar-refractivity contribution in [3.63, 3.8) is 0 Å². The maximum atomic E-state index is 11.8. The van der Waals surface area contributed by atoms with E-state index in [2.05, 4.69) is 39.5 Å². The molecule has 0 radical (unpaired) electrons. The number of benzene rings is 1. The summed E-state index contributed by atoms with van der Waals surface area (Å²) in [5, 5.41) is 12.2. The number of hydrogen-bond donors (Lipinski definition) is 3. The van der Waals surface area contributed by atoms with Crippen molar-refractivity contribution in [2.24, 2.45) is 0 Å². The van der Waals surface area contributed by atoms with Crippen LogP contribution >= 0.6 is 0 Å². The molecular weight excluding hydrogens is 256 g/mol. The lowest BCUT2D eigenvalue weighted by atomic mass is 10.1. The van der Waals surface area contributed by atoms with Gasteiger partial charge in [0.2, 0.25) is 0 Å². The maximum absolute atomic E-state index is 11.8. The van der Waals surface area contributed by atoms with Crippen molar-refractivity contribution in [3.05, 3.63) is 42.3 Å². The van der Waals surface area contributed by atoms with Gasteiger partial charge in [-0.3, -0.25) is 0 Å². The van der Waals surface area contributed by atoms with Gasteiger partial charge in [0.15, 0.2) is 0 Å².